The van der Waals surface area contributed by atoms with Crippen molar-refractivity contribution < 1.29 is 40.8 Å². The van der Waals surface area contributed by atoms with Gasteiger partial charge in [-0.3, -0.25) is 19.3 Å². The smallest absolute Gasteiger partial charge is 0.339 e. The fourth-order valence-electron chi connectivity index (χ4n) is 3.45. The monoisotopic (exact) mass is 536 g/mol. The Balaban J connectivity index is 1.49. The molecule has 2 aromatic rings. The van der Waals surface area contributed by atoms with Crippen LogP contribution in [0.2, 0.25) is 0 Å². The summed E-state index contributed by atoms with van der Waals surface area (Å²) < 4.78 is 53.8. The van der Waals surface area contributed by atoms with Gasteiger partial charge in [-0.05, 0) is 59.8 Å². The van der Waals surface area contributed by atoms with Gasteiger partial charge in [0.1, 0.15) is 17.3 Å². The Bertz CT molecular complexity index is 1320. The molecule has 0 aromatic heterocycles. The second-order valence-electron chi connectivity index (χ2n) is 7.66. The number of morpholine rings is 1. The van der Waals surface area contributed by atoms with E-state index in [0.717, 1.165) is 29.2 Å². The van der Waals surface area contributed by atoms with Crippen molar-refractivity contribution in [3.63, 3.8) is 0 Å². The van der Waals surface area contributed by atoms with Crippen molar-refractivity contribution in [2.45, 2.75) is 4.90 Å². The van der Waals surface area contributed by atoms with Crippen LogP contribution in [0.25, 0.3) is 6.08 Å². The topological polar surface area (TPSA) is 120 Å². The SMILES string of the molecule is COc1cc(/C=C2\SC(=O)N(CC(=O)N3CCOCC3)C2=O)ccc1OS(=O)(=O)c1ccc(F)cc1. The van der Waals surface area contributed by atoms with Crippen LogP contribution in [-0.4, -0.2) is 75.2 Å². The number of amides is 3. The van der Waals surface area contributed by atoms with E-state index >= 15 is 0 Å². The fourth-order valence-corrected chi connectivity index (χ4v) is 5.22. The first-order chi connectivity index (χ1) is 17.2. The summed E-state index contributed by atoms with van der Waals surface area (Å²) >= 11 is 0.696. The van der Waals surface area contributed by atoms with Crippen LogP contribution < -0.4 is 8.92 Å². The Morgan fingerprint density at radius 2 is 1.81 bits per heavy atom. The van der Waals surface area contributed by atoms with Gasteiger partial charge in [-0.15, -0.1) is 0 Å². The van der Waals surface area contributed by atoms with E-state index in [4.69, 9.17) is 13.7 Å². The summed E-state index contributed by atoms with van der Waals surface area (Å²) in [6.45, 7) is 1.24. The third-order valence-corrected chi connectivity index (χ3v) is 7.47. The van der Waals surface area contributed by atoms with Crippen molar-refractivity contribution >= 4 is 45.0 Å². The number of thioether (sulfide) groups is 1. The van der Waals surface area contributed by atoms with Gasteiger partial charge in [-0.2, -0.15) is 8.42 Å². The number of nitrogens with zero attached hydrogens (tertiary/aromatic N) is 2. The third kappa shape index (κ3) is 5.69. The Labute approximate surface area is 210 Å². The van der Waals surface area contributed by atoms with E-state index in [0.29, 0.717) is 43.6 Å². The number of benzene rings is 2. The van der Waals surface area contributed by atoms with Gasteiger partial charge < -0.3 is 18.6 Å². The minimum Gasteiger partial charge on any atom is -0.493 e. The van der Waals surface area contributed by atoms with Crippen LogP contribution in [0, 0.1) is 5.82 Å². The van der Waals surface area contributed by atoms with Gasteiger partial charge in [0, 0.05) is 13.1 Å². The van der Waals surface area contributed by atoms with Gasteiger partial charge in [-0.25, -0.2) is 4.39 Å². The molecular formula is C23H21FN2O8S2. The van der Waals surface area contributed by atoms with E-state index in [2.05, 4.69) is 0 Å². The molecule has 2 aliphatic rings. The molecular weight excluding hydrogens is 515 g/mol. The zero-order valence-electron chi connectivity index (χ0n) is 19.0. The summed E-state index contributed by atoms with van der Waals surface area (Å²) in [6, 6.07) is 8.39. The molecule has 2 aliphatic heterocycles. The molecule has 2 fully saturated rings. The highest BCUT2D eigenvalue weighted by Gasteiger charge is 2.37. The maximum Gasteiger partial charge on any atom is 0.339 e. The predicted octanol–water partition coefficient (Wildman–Crippen LogP) is 2.50. The molecule has 0 unspecified atom stereocenters. The molecule has 0 saturated carbocycles. The van der Waals surface area contributed by atoms with E-state index < -0.39 is 27.1 Å². The number of carbonyl (C=O) groups excluding carboxylic acids is 3. The van der Waals surface area contributed by atoms with E-state index in [9.17, 15) is 27.2 Å². The van der Waals surface area contributed by atoms with Crippen LogP contribution in [0.5, 0.6) is 11.5 Å². The average molecular weight is 537 g/mol. The van der Waals surface area contributed by atoms with Crippen molar-refractivity contribution in [3.05, 3.63) is 58.8 Å². The Kier molecular flexibility index (Phi) is 7.62. The maximum absolute atomic E-state index is 13.1. The van der Waals surface area contributed by atoms with E-state index in [1.54, 1.807) is 4.90 Å². The third-order valence-electron chi connectivity index (χ3n) is 5.32. The molecule has 2 aromatic carbocycles. The van der Waals surface area contributed by atoms with Crippen molar-refractivity contribution in [1.29, 1.82) is 0 Å². The molecule has 2 saturated heterocycles. The Hall–Kier alpha value is -3.42. The summed E-state index contributed by atoms with van der Waals surface area (Å²) in [6.07, 6.45) is 1.44. The zero-order chi connectivity index (χ0) is 25.9. The summed E-state index contributed by atoms with van der Waals surface area (Å²) in [7, 11) is -2.95. The highest BCUT2D eigenvalue weighted by molar-refractivity contribution is 8.18. The second-order valence-corrected chi connectivity index (χ2v) is 10.2. The molecule has 4 rings (SSSR count). The number of hydrogen-bond donors (Lipinski definition) is 0. The number of methoxy groups -OCH3 is 1. The Morgan fingerprint density at radius 1 is 1.11 bits per heavy atom. The van der Waals surface area contributed by atoms with Crippen molar-refractivity contribution in [1.82, 2.24) is 9.80 Å². The molecule has 190 valence electrons. The molecule has 0 spiro atoms. The molecule has 3 amide bonds. The van der Waals surface area contributed by atoms with Gasteiger partial charge in [0.15, 0.2) is 11.5 Å². The predicted molar refractivity (Wildman–Crippen MR) is 127 cm³/mol. The van der Waals surface area contributed by atoms with Crippen LogP contribution in [-0.2, 0) is 24.4 Å². The maximum atomic E-state index is 13.1. The first-order valence-corrected chi connectivity index (χ1v) is 12.9. The van der Waals surface area contributed by atoms with Crippen molar-refractivity contribution in [3.8, 4) is 11.5 Å². The lowest BCUT2D eigenvalue weighted by molar-refractivity contribution is -0.139. The molecule has 0 N–H and O–H groups in total. The van der Waals surface area contributed by atoms with E-state index in [1.165, 1.54) is 31.4 Å². The quantitative estimate of drug-likeness (QED) is 0.388. The standard InChI is InChI=1S/C23H21FN2O8S2/c1-32-19-12-15(2-7-18(19)34-36(30,31)17-5-3-16(24)4-6-17)13-20-22(28)26(23(29)35-20)14-21(27)25-8-10-33-11-9-25/h2-7,12-13H,8-11,14H2,1H3/b20-13-. The Morgan fingerprint density at radius 3 is 2.47 bits per heavy atom. The molecule has 0 radical (unpaired) electrons. The summed E-state index contributed by atoms with van der Waals surface area (Å²) in [5.74, 6) is -1.61. The number of hydrogen-bond acceptors (Lipinski definition) is 9. The zero-order valence-corrected chi connectivity index (χ0v) is 20.6. The first-order valence-electron chi connectivity index (χ1n) is 10.7. The average Bonchev–Trinajstić information content (AvgIpc) is 3.12. The molecule has 10 nitrogen and oxygen atoms in total. The van der Waals surface area contributed by atoms with Crippen molar-refractivity contribution in [2.24, 2.45) is 0 Å². The highest BCUT2D eigenvalue weighted by atomic mass is 32.2. The van der Waals surface area contributed by atoms with Gasteiger partial charge in [-0.1, -0.05) is 6.07 Å². The normalized spacial score (nSPS) is 17.6. The lowest BCUT2D eigenvalue weighted by Crippen LogP contribution is -2.46. The van der Waals surface area contributed by atoms with Gasteiger partial charge >= 0.3 is 10.1 Å². The molecule has 0 atom stereocenters. The van der Waals surface area contributed by atoms with Crippen LogP contribution in [0.15, 0.2) is 52.3 Å². The molecule has 0 bridgehead atoms. The van der Waals surface area contributed by atoms with Gasteiger partial charge in [0.05, 0.1) is 25.2 Å². The van der Waals surface area contributed by atoms with Gasteiger partial charge in [0.2, 0.25) is 5.91 Å². The lowest BCUT2D eigenvalue weighted by atomic mass is 10.2. The first kappa shape index (κ1) is 25.7. The molecule has 13 heteroatoms. The van der Waals surface area contributed by atoms with Crippen LogP contribution in [0.1, 0.15) is 5.56 Å². The fraction of sp³-hybridized carbons (Fsp3) is 0.261. The minimum absolute atomic E-state index is 0.0520. The van der Waals surface area contributed by atoms with Crippen LogP contribution in [0.4, 0.5) is 9.18 Å². The van der Waals surface area contributed by atoms with Crippen LogP contribution >= 0.6 is 11.8 Å². The van der Waals surface area contributed by atoms with Gasteiger partial charge in [0.25, 0.3) is 11.1 Å². The number of halogens is 1. The largest absolute Gasteiger partial charge is 0.493 e. The van der Waals surface area contributed by atoms with Crippen molar-refractivity contribution in [2.75, 3.05) is 40.0 Å². The summed E-state index contributed by atoms with van der Waals surface area (Å²) in [5, 5.41) is -0.565. The minimum atomic E-state index is -4.26. The highest BCUT2D eigenvalue weighted by Crippen LogP contribution is 2.35. The summed E-state index contributed by atoms with van der Waals surface area (Å²) in [5.41, 5.74) is 0.434. The number of ether oxygens (including phenoxy) is 2. The van der Waals surface area contributed by atoms with Crippen LogP contribution in [0.3, 0.4) is 0 Å². The molecule has 2 heterocycles. The van der Waals surface area contributed by atoms with E-state index in [-0.39, 0.29) is 33.8 Å². The lowest BCUT2D eigenvalue weighted by Gasteiger charge is -2.28. The van der Waals surface area contributed by atoms with E-state index in [1.807, 2.05) is 0 Å². The number of carbonyl (C=O) groups is 3. The summed E-state index contributed by atoms with van der Waals surface area (Å²) in [4.78, 5) is 39.9. The number of rotatable bonds is 7. The number of imide groups is 1. The molecule has 36 heavy (non-hydrogen) atoms. The molecule has 0 aliphatic carbocycles. The second kappa shape index (κ2) is 10.7.